The fourth-order valence-corrected chi connectivity index (χ4v) is 5.31. The molecule has 1 aliphatic heterocycles. The molecular weight excluding hydrogens is 438 g/mol. The molecule has 1 aliphatic carbocycles. The lowest BCUT2D eigenvalue weighted by molar-refractivity contribution is 0.0606. The fourth-order valence-electron chi connectivity index (χ4n) is 4.74. The summed E-state index contributed by atoms with van der Waals surface area (Å²) in [6.45, 7) is 4.57. The van der Waals surface area contributed by atoms with Crippen LogP contribution in [0, 0.1) is 13.8 Å². The van der Waals surface area contributed by atoms with Crippen molar-refractivity contribution in [3.63, 3.8) is 0 Å². The molecule has 0 bridgehead atoms. The highest BCUT2D eigenvalue weighted by atomic mass is 32.2. The van der Waals surface area contributed by atoms with E-state index in [-0.39, 0.29) is 11.9 Å². The number of hydrogen-bond acceptors (Lipinski definition) is 5. The summed E-state index contributed by atoms with van der Waals surface area (Å²) in [6, 6.07) is 7.01. The number of carbonyl (C=O) groups excluding carboxylic acids is 1. The van der Waals surface area contributed by atoms with E-state index in [4.69, 9.17) is 10.1 Å². The van der Waals surface area contributed by atoms with Crippen molar-refractivity contribution in [1.82, 2.24) is 19.5 Å². The van der Waals surface area contributed by atoms with Crippen LogP contribution in [0.5, 0.6) is 0 Å². The quantitative estimate of drug-likeness (QED) is 0.613. The van der Waals surface area contributed by atoms with E-state index in [0.717, 1.165) is 53.7 Å². The molecule has 0 spiro atoms. The molecule has 0 unspecified atom stereocenters. The maximum Gasteiger partial charge on any atom is 0.256 e. The Labute approximate surface area is 194 Å². The van der Waals surface area contributed by atoms with Crippen LogP contribution in [0.4, 0.5) is 5.69 Å². The first-order chi connectivity index (χ1) is 15.7. The van der Waals surface area contributed by atoms with Crippen LogP contribution >= 0.6 is 0 Å². The zero-order valence-corrected chi connectivity index (χ0v) is 20.0. The van der Waals surface area contributed by atoms with Gasteiger partial charge in [-0.15, -0.1) is 0 Å². The van der Waals surface area contributed by atoms with Gasteiger partial charge in [-0.3, -0.25) is 9.52 Å². The third-order valence-electron chi connectivity index (χ3n) is 6.46. The Bertz CT molecular complexity index is 1340. The van der Waals surface area contributed by atoms with Gasteiger partial charge < -0.3 is 4.90 Å². The number of carbonyl (C=O) groups is 1. The molecule has 3 aromatic rings. The van der Waals surface area contributed by atoms with Gasteiger partial charge in [0.25, 0.3) is 5.91 Å². The Morgan fingerprint density at radius 2 is 1.91 bits per heavy atom. The summed E-state index contributed by atoms with van der Waals surface area (Å²) in [4.78, 5) is 20.4. The summed E-state index contributed by atoms with van der Waals surface area (Å²) < 4.78 is 28.1. The first-order valence-corrected chi connectivity index (χ1v) is 13.3. The molecule has 33 heavy (non-hydrogen) atoms. The number of sulfonamides is 1. The van der Waals surface area contributed by atoms with Gasteiger partial charge in [0.05, 0.1) is 34.9 Å². The Kier molecular flexibility index (Phi) is 5.39. The largest absolute Gasteiger partial charge is 0.330 e. The number of likely N-dealkylation sites (tertiary alicyclic amines) is 1. The first kappa shape index (κ1) is 21.9. The van der Waals surface area contributed by atoms with Gasteiger partial charge in [0.15, 0.2) is 5.65 Å². The molecule has 8 nitrogen and oxygen atoms in total. The van der Waals surface area contributed by atoms with Crippen molar-refractivity contribution in [3.8, 4) is 0 Å². The number of piperidine rings is 1. The lowest BCUT2D eigenvalue weighted by Crippen LogP contribution is -2.39. The van der Waals surface area contributed by atoms with Gasteiger partial charge in [-0.2, -0.15) is 5.10 Å². The number of benzene rings is 1. The minimum atomic E-state index is -3.51. The van der Waals surface area contributed by atoms with Crippen LogP contribution in [0.2, 0.25) is 0 Å². The van der Waals surface area contributed by atoms with E-state index in [1.807, 2.05) is 28.6 Å². The highest BCUT2D eigenvalue weighted by molar-refractivity contribution is 7.92. The number of hydrogen-bond donors (Lipinski definition) is 1. The van der Waals surface area contributed by atoms with Gasteiger partial charge in [-0.25, -0.2) is 17.9 Å². The lowest BCUT2D eigenvalue weighted by atomic mass is 9.97. The standard InChI is InChI=1S/C24H29N5O3S/c1-15-7-10-19(27-33(3,31)32)18(12-15)24(30)28-11-5-4-6-21(28)20-13-22-25-23(17-8-9-17)16(2)14-29(22)26-20/h7,10,12-14,17,21,27H,4-6,8-9,11H2,1-3H3/t21-/m1/s1. The average Bonchev–Trinajstić information content (AvgIpc) is 3.52. The van der Waals surface area contributed by atoms with E-state index >= 15 is 0 Å². The second-order valence-electron chi connectivity index (χ2n) is 9.39. The molecule has 1 N–H and O–H groups in total. The minimum absolute atomic E-state index is 0.177. The Morgan fingerprint density at radius 1 is 1.12 bits per heavy atom. The number of nitrogens with zero attached hydrogens (tertiary/aromatic N) is 4. The van der Waals surface area contributed by atoms with Crippen molar-refractivity contribution >= 4 is 27.3 Å². The summed E-state index contributed by atoms with van der Waals surface area (Å²) in [5.41, 5.74) is 5.50. The molecule has 1 aromatic carbocycles. The molecule has 1 atom stereocenters. The third-order valence-corrected chi connectivity index (χ3v) is 7.05. The second kappa shape index (κ2) is 8.13. The topological polar surface area (TPSA) is 96.7 Å². The minimum Gasteiger partial charge on any atom is -0.330 e. The van der Waals surface area contributed by atoms with E-state index in [0.29, 0.717) is 23.7 Å². The summed E-state index contributed by atoms with van der Waals surface area (Å²) in [5, 5.41) is 4.79. The van der Waals surface area contributed by atoms with E-state index in [1.54, 1.807) is 18.2 Å². The highest BCUT2D eigenvalue weighted by Crippen LogP contribution is 2.41. The van der Waals surface area contributed by atoms with Crippen molar-refractivity contribution in [2.75, 3.05) is 17.5 Å². The van der Waals surface area contributed by atoms with Crippen LogP contribution in [0.25, 0.3) is 5.65 Å². The van der Waals surface area contributed by atoms with Crippen molar-refractivity contribution in [3.05, 3.63) is 58.5 Å². The van der Waals surface area contributed by atoms with Gasteiger partial charge >= 0.3 is 0 Å². The number of anilines is 1. The highest BCUT2D eigenvalue weighted by Gasteiger charge is 2.33. The molecule has 2 aromatic heterocycles. The molecule has 9 heteroatoms. The third kappa shape index (κ3) is 4.46. The van der Waals surface area contributed by atoms with Gasteiger partial charge in [-0.1, -0.05) is 11.6 Å². The maximum absolute atomic E-state index is 13.7. The van der Waals surface area contributed by atoms with Crippen molar-refractivity contribution < 1.29 is 13.2 Å². The second-order valence-corrected chi connectivity index (χ2v) is 11.1. The molecule has 3 heterocycles. The van der Waals surface area contributed by atoms with Gasteiger partial charge in [0.2, 0.25) is 10.0 Å². The maximum atomic E-state index is 13.7. The summed E-state index contributed by atoms with van der Waals surface area (Å²) in [7, 11) is -3.51. The normalized spacial score (nSPS) is 19.1. The zero-order chi connectivity index (χ0) is 23.3. The van der Waals surface area contributed by atoms with Crippen LogP contribution in [0.3, 0.4) is 0 Å². The number of amides is 1. The molecular formula is C24H29N5O3S. The lowest BCUT2D eigenvalue weighted by Gasteiger charge is -2.35. The smallest absolute Gasteiger partial charge is 0.256 e. The molecule has 2 fully saturated rings. The monoisotopic (exact) mass is 467 g/mol. The number of aryl methyl sites for hydroxylation is 2. The Hall–Kier alpha value is -2.94. The van der Waals surface area contributed by atoms with Crippen LogP contribution in [0.15, 0.2) is 30.5 Å². The van der Waals surface area contributed by atoms with Gasteiger partial charge in [-0.05, 0) is 63.6 Å². The predicted octanol–water partition coefficient (Wildman–Crippen LogP) is 3.96. The fraction of sp³-hybridized carbons (Fsp3) is 0.458. The van der Waals surface area contributed by atoms with Crippen LogP contribution < -0.4 is 4.72 Å². The number of rotatable bonds is 5. The van der Waals surface area contributed by atoms with Crippen molar-refractivity contribution in [2.45, 2.75) is 57.9 Å². The van der Waals surface area contributed by atoms with E-state index in [1.165, 1.54) is 12.8 Å². The number of nitrogens with one attached hydrogen (secondary N) is 1. The Balaban J connectivity index is 1.51. The van der Waals surface area contributed by atoms with Crippen LogP contribution in [-0.4, -0.2) is 46.6 Å². The summed E-state index contributed by atoms with van der Waals surface area (Å²) in [6.07, 6.45) is 8.22. The summed E-state index contributed by atoms with van der Waals surface area (Å²) in [5.74, 6) is 0.373. The van der Waals surface area contributed by atoms with Crippen LogP contribution in [-0.2, 0) is 10.0 Å². The molecule has 2 aliphatic rings. The molecule has 1 saturated carbocycles. The molecule has 1 saturated heterocycles. The number of aromatic nitrogens is 3. The zero-order valence-electron chi connectivity index (χ0n) is 19.2. The van der Waals surface area contributed by atoms with Crippen molar-refractivity contribution in [1.29, 1.82) is 0 Å². The number of fused-ring (bicyclic) bond motifs is 1. The molecule has 1 amide bonds. The average molecular weight is 468 g/mol. The Morgan fingerprint density at radius 3 is 2.64 bits per heavy atom. The first-order valence-electron chi connectivity index (χ1n) is 11.5. The van der Waals surface area contributed by atoms with Crippen LogP contribution in [0.1, 0.15) is 76.9 Å². The molecule has 0 radical (unpaired) electrons. The predicted molar refractivity (Wildman–Crippen MR) is 127 cm³/mol. The van der Waals surface area contributed by atoms with E-state index in [9.17, 15) is 13.2 Å². The SMILES string of the molecule is Cc1ccc(NS(C)(=O)=O)c(C(=O)N2CCCC[C@@H]2c2cc3nc(C4CC4)c(C)cn3n2)c1. The van der Waals surface area contributed by atoms with E-state index < -0.39 is 10.0 Å². The van der Waals surface area contributed by atoms with Gasteiger partial charge in [0.1, 0.15) is 0 Å². The molecule has 5 rings (SSSR count). The molecule has 174 valence electrons. The summed E-state index contributed by atoms with van der Waals surface area (Å²) >= 11 is 0. The van der Waals surface area contributed by atoms with E-state index in [2.05, 4.69) is 11.6 Å². The van der Waals surface area contributed by atoms with Crippen molar-refractivity contribution in [2.24, 2.45) is 0 Å². The van der Waals surface area contributed by atoms with Gasteiger partial charge in [0, 0.05) is 24.7 Å².